The molecule has 0 aliphatic carbocycles. The van der Waals surface area contributed by atoms with Crippen LogP contribution in [0.25, 0.3) is 0 Å². The van der Waals surface area contributed by atoms with Crippen LogP contribution < -0.4 is 0 Å². The minimum Gasteiger partial charge on any atom is -0.342 e. The van der Waals surface area contributed by atoms with Gasteiger partial charge in [0.15, 0.2) is 0 Å². The lowest BCUT2D eigenvalue weighted by Gasteiger charge is -2.16. The Bertz CT molecular complexity index is 660. The second-order valence-electron chi connectivity index (χ2n) is 5.71. The van der Waals surface area contributed by atoms with Crippen LogP contribution in [0.1, 0.15) is 34.6 Å². The molecule has 3 rings (SSSR count). The fourth-order valence-electron chi connectivity index (χ4n) is 2.97. The molecule has 0 aromatic carbocycles. The maximum absolute atomic E-state index is 12.4. The fraction of sp³-hybridized carbons (Fsp3) is 0.533. The second-order valence-corrected chi connectivity index (χ2v) is 6.77. The normalized spacial score (nSPS) is 18.4. The summed E-state index contributed by atoms with van der Waals surface area (Å²) in [5.74, 6) is 1.62. The molecular formula is C15H20N4OS. The van der Waals surface area contributed by atoms with Crippen LogP contribution in [-0.4, -0.2) is 38.4 Å². The van der Waals surface area contributed by atoms with Gasteiger partial charge in [0.25, 0.3) is 0 Å². The summed E-state index contributed by atoms with van der Waals surface area (Å²) in [6.07, 6.45) is 3.45. The van der Waals surface area contributed by atoms with Gasteiger partial charge in [0.2, 0.25) is 5.91 Å². The van der Waals surface area contributed by atoms with Gasteiger partial charge in [0.1, 0.15) is 5.82 Å². The molecule has 3 heterocycles. The Labute approximate surface area is 128 Å². The van der Waals surface area contributed by atoms with E-state index in [4.69, 9.17) is 0 Å². The Morgan fingerprint density at radius 2 is 2.24 bits per heavy atom. The Balaban J connectivity index is 1.64. The first-order valence-electron chi connectivity index (χ1n) is 7.21. The number of amides is 1. The van der Waals surface area contributed by atoms with Crippen molar-refractivity contribution in [1.29, 1.82) is 0 Å². The average Bonchev–Trinajstić information content (AvgIpc) is 3.10. The predicted molar refractivity (Wildman–Crippen MR) is 82.4 cm³/mol. The molecule has 1 amide bonds. The van der Waals surface area contributed by atoms with Gasteiger partial charge in [-0.2, -0.15) is 0 Å². The fourth-order valence-corrected chi connectivity index (χ4v) is 3.58. The number of thiazole rings is 1. The molecule has 5 nitrogen and oxygen atoms in total. The van der Waals surface area contributed by atoms with Crippen LogP contribution in [0.5, 0.6) is 0 Å². The van der Waals surface area contributed by atoms with E-state index in [2.05, 4.69) is 14.5 Å². The van der Waals surface area contributed by atoms with E-state index in [-0.39, 0.29) is 5.91 Å². The highest BCUT2D eigenvalue weighted by molar-refractivity contribution is 7.09. The standard InChI is InChI=1S/C15H20N4OS/c1-10-7-18(3)15(16-10)12-4-5-19(8-12)14(20)6-13-9-21-11(2)17-13/h7,9,12H,4-6,8H2,1-3H3/t12-/m0/s1. The van der Waals surface area contributed by atoms with Crippen molar-refractivity contribution in [2.45, 2.75) is 32.6 Å². The summed E-state index contributed by atoms with van der Waals surface area (Å²) in [6.45, 7) is 5.56. The molecule has 0 bridgehead atoms. The van der Waals surface area contributed by atoms with Crippen molar-refractivity contribution in [2.75, 3.05) is 13.1 Å². The van der Waals surface area contributed by atoms with Gasteiger partial charge in [-0.1, -0.05) is 0 Å². The molecule has 1 aliphatic heterocycles. The molecule has 1 aliphatic rings. The van der Waals surface area contributed by atoms with E-state index < -0.39 is 0 Å². The van der Waals surface area contributed by atoms with Crippen molar-refractivity contribution in [3.63, 3.8) is 0 Å². The van der Waals surface area contributed by atoms with Crippen LogP contribution in [0.3, 0.4) is 0 Å². The predicted octanol–water partition coefficient (Wildman–Crippen LogP) is 2.05. The van der Waals surface area contributed by atoms with E-state index in [1.54, 1.807) is 11.3 Å². The Morgan fingerprint density at radius 3 is 2.86 bits per heavy atom. The highest BCUT2D eigenvalue weighted by atomic mass is 32.1. The Morgan fingerprint density at radius 1 is 1.43 bits per heavy atom. The van der Waals surface area contributed by atoms with E-state index in [0.29, 0.717) is 12.3 Å². The first-order chi connectivity index (χ1) is 10.0. The summed E-state index contributed by atoms with van der Waals surface area (Å²) in [6, 6.07) is 0. The number of hydrogen-bond acceptors (Lipinski definition) is 4. The number of rotatable bonds is 3. The second kappa shape index (κ2) is 5.60. The third kappa shape index (κ3) is 3.00. The first-order valence-corrected chi connectivity index (χ1v) is 8.09. The topological polar surface area (TPSA) is 51.0 Å². The summed E-state index contributed by atoms with van der Waals surface area (Å²) in [4.78, 5) is 23.3. The van der Waals surface area contributed by atoms with Crippen molar-refractivity contribution < 1.29 is 4.79 Å². The summed E-state index contributed by atoms with van der Waals surface area (Å²) in [7, 11) is 2.03. The van der Waals surface area contributed by atoms with E-state index in [9.17, 15) is 4.79 Å². The lowest BCUT2D eigenvalue weighted by atomic mass is 10.1. The van der Waals surface area contributed by atoms with Crippen LogP contribution in [-0.2, 0) is 18.3 Å². The molecule has 0 spiro atoms. The van der Waals surface area contributed by atoms with Gasteiger partial charge in [-0.05, 0) is 20.3 Å². The van der Waals surface area contributed by atoms with Crippen molar-refractivity contribution in [3.8, 4) is 0 Å². The molecule has 0 N–H and O–H groups in total. The van der Waals surface area contributed by atoms with E-state index in [0.717, 1.165) is 41.7 Å². The third-order valence-electron chi connectivity index (χ3n) is 3.94. The average molecular weight is 304 g/mol. The molecule has 0 unspecified atom stereocenters. The van der Waals surface area contributed by atoms with Gasteiger partial charge in [-0.15, -0.1) is 11.3 Å². The Hall–Kier alpha value is -1.69. The van der Waals surface area contributed by atoms with Gasteiger partial charge in [-0.25, -0.2) is 9.97 Å². The molecule has 0 saturated carbocycles. The molecule has 21 heavy (non-hydrogen) atoms. The number of hydrogen-bond donors (Lipinski definition) is 0. The van der Waals surface area contributed by atoms with Gasteiger partial charge in [0, 0.05) is 37.6 Å². The smallest absolute Gasteiger partial charge is 0.228 e. The lowest BCUT2D eigenvalue weighted by Crippen LogP contribution is -2.30. The number of aryl methyl sites for hydroxylation is 3. The van der Waals surface area contributed by atoms with Crippen LogP contribution >= 0.6 is 11.3 Å². The number of imidazole rings is 1. The van der Waals surface area contributed by atoms with Crippen molar-refractivity contribution >= 4 is 17.2 Å². The van der Waals surface area contributed by atoms with Crippen LogP contribution in [0.4, 0.5) is 0 Å². The summed E-state index contributed by atoms with van der Waals surface area (Å²) in [5.41, 5.74) is 1.93. The molecule has 112 valence electrons. The van der Waals surface area contributed by atoms with Crippen molar-refractivity contribution in [2.24, 2.45) is 7.05 Å². The first kappa shape index (κ1) is 14.3. The van der Waals surface area contributed by atoms with Crippen LogP contribution in [0.2, 0.25) is 0 Å². The zero-order valence-electron chi connectivity index (χ0n) is 12.7. The molecule has 2 aromatic heterocycles. The molecule has 1 fully saturated rings. The SMILES string of the molecule is Cc1cn(C)c([C@H]2CCN(C(=O)Cc3csc(C)n3)C2)n1. The minimum absolute atomic E-state index is 0.175. The number of likely N-dealkylation sites (tertiary alicyclic amines) is 1. The molecule has 6 heteroatoms. The van der Waals surface area contributed by atoms with E-state index in [1.165, 1.54) is 0 Å². The van der Waals surface area contributed by atoms with Crippen molar-refractivity contribution in [3.05, 3.63) is 33.8 Å². The molecule has 1 saturated heterocycles. The van der Waals surface area contributed by atoms with Gasteiger partial charge in [0.05, 0.1) is 22.8 Å². The van der Waals surface area contributed by atoms with E-state index >= 15 is 0 Å². The number of carbonyl (C=O) groups excluding carboxylic acids is 1. The lowest BCUT2D eigenvalue weighted by molar-refractivity contribution is -0.129. The van der Waals surface area contributed by atoms with Gasteiger partial charge >= 0.3 is 0 Å². The molecule has 2 aromatic rings. The highest BCUT2D eigenvalue weighted by Gasteiger charge is 2.30. The quantitative estimate of drug-likeness (QED) is 0.872. The number of nitrogens with zero attached hydrogens (tertiary/aromatic N) is 4. The Kier molecular flexibility index (Phi) is 3.80. The highest BCUT2D eigenvalue weighted by Crippen LogP contribution is 2.26. The van der Waals surface area contributed by atoms with Gasteiger partial charge < -0.3 is 9.47 Å². The maximum atomic E-state index is 12.4. The minimum atomic E-state index is 0.175. The summed E-state index contributed by atoms with van der Waals surface area (Å²) < 4.78 is 2.08. The monoisotopic (exact) mass is 304 g/mol. The third-order valence-corrected chi connectivity index (χ3v) is 4.76. The van der Waals surface area contributed by atoms with E-state index in [1.807, 2.05) is 37.4 Å². The van der Waals surface area contributed by atoms with Crippen molar-refractivity contribution in [1.82, 2.24) is 19.4 Å². The molecule has 0 radical (unpaired) electrons. The summed E-state index contributed by atoms with van der Waals surface area (Å²) in [5, 5.41) is 2.99. The number of carbonyl (C=O) groups is 1. The largest absolute Gasteiger partial charge is 0.342 e. The zero-order valence-corrected chi connectivity index (χ0v) is 13.5. The molecular weight excluding hydrogens is 284 g/mol. The maximum Gasteiger partial charge on any atom is 0.228 e. The summed E-state index contributed by atoms with van der Waals surface area (Å²) >= 11 is 1.60. The van der Waals surface area contributed by atoms with Crippen LogP contribution in [0.15, 0.2) is 11.6 Å². The zero-order chi connectivity index (χ0) is 15.0. The van der Waals surface area contributed by atoms with Gasteiger partial charge in [-0.3, -0.25) is 4.79 Å². The molecule has 1 atom stereocenters. The number of aromatic nitrogens is 3. The van der Waals surface area contributed by atoms with Crippen LogP contribution in [0, 0.1) is 13.8 Å².